The van der Waals surface area contributed by atoms with Gasteiger partial charge in [-0.15, -0.1) is 11.6 Å². The summed E-state index contributed by atoms with van der Waals surface area (Å²) in [4.78, 5) is 27.7. The van der Waals surface area contributed by atoms with Crippen LogP contribution in [0.4, 0.5) is 18.9 Å². The van der Waals surface area contributed by atoms with Crippen molar-refractivity contribution in [2.75, 3.05) is 17.7 Å². The highest BCUT2D eigenvalue weighted by Crippen LogP contribution is 2.32. The molecule has 188 valence electrons. The first-order chi connectivity index (χ1) is 17.0. The maximum Gasteiger partial charge on any atom is 0.416 e. The van der Waals surface area contributed by atoms with Crippen molar-refractivity contribution in [3.05, 3.63) is 89.0 Å². The van der Waals surface area contributed by atoms with Gasteiger partial charge in [0.2, 0.25) is 5.91 Å². The van der Waals surface area contributed by atoms with Crippen LogP contribution < -0.4 is 5.32 Å². The molecule has 8 heteroatoms. The van der Waals surface area contributed by atoms with Gasteiger partial charge in [-0.1, -0.05) is 36.4 Å². The number of carbonyl (C=O) groups excluding carboxylic acids is 2. The van der Waals surface area contributed by atoms with Crippen LogP contribution in [0.5, 0.6) is 0 Å². The Hall–Kier alpha value is -3.32. The van der Waals surface area contributed by atoms with Crippen LogP contribution in [-0.2, 0) is 23.9 Å². The molecule has 0 bridgehead atoms. The number of benzene rings is 3. The molecular formula is C28H26ClF3N2O2. The van der Waals surface area contributed by atoms with E-state index in [4.69, 9.17) is 11.6 Å². The molecule has 4 nitrogen and oxygen atoms in total. The largest absolute Gasteiger partial charge is 0.416 e. The number of alkyl halides is 4. The molecule has 0 atom stereocenters. The normalized spacial score (nSPS) is 13.8. The number of fused-ring (bicyclic) bond motifs is 1. The third-order valence-corrected chi connectivity index (χ3v) is 7.04. The molecule has 4 rings (SSSR count). The number of rotatable bonds is 5. The molecule has 36 heavy (non-hydrogen) atoms. The smallest absolute Gasteiger partial charge is 0.338 e. The highest BCUT2D eigenvalue weighted by molar-refractivity contribution is 6.19. The average molecular weight is 515 g/mol. The summed E-state index contributed by atoms with van der Waals surface area (Å²) in [6.07, 6.45) is -3.77. The van der Waals surface area contributed by atoms with Gasteiger partial charge < -0.3 is 10.2 Å². The van der Waals surface area contributed by atoms with Crippen LogP contribution in [0.3, 0.4) is 0 Å². The molecular weight excluding hydrogens is 489 g/mol. The summed E-state index contributed by atoms with van der Waals surface area (Å²) in [5, 5.41) is 2.90. The summed E-state index contributed by atoms with van der Waals surface area (Å²) < 4.78 is 38.8. The summed E-state index contributed by atoms with van der Waals surface area (Å²) >= 11 is 5.97. The van der Waals surface area contributed by atoms with Gasteiger partial charge in [0.05, 0.1) is 11.0 Å². The van der Waals surface area contributed by atoms with Gasteiger partial charge in [0.25, 0.3) is 5.91 Å². The van der Waals surface area contributed by atoms with Gasteiger partial charge in [-0.25, -0.2) is 0 Å². The van der Waals surface area contributed by atoms with Gasteiger partial charge in [0, 0.05) is 30.2 Å². The van der Waals surface area contributed by atoms with Crippen molar-refractivity contribution in [3.63, 3.8) is 0 Å². The van der Waals surface area contributed by atoms with E-state index in [9.17, 15) is 22.8 Å². The molecule has 0 saturated carbocycles. The number of halogens is 4. The molecule has 1 N–H and O–H groups in total. The van der Waals surface area contributed by atoms with Crippen molar-refractivity contribution in [2.45, 2.75) is 33.0 Å². The lowest BCUT2D eigenvalue weighted by atomic mass is 9.91. The van der Waals surface area contributed by atoms with Crippen LogP contribution in [0.15, 0.2) is 66.7 Å². The first-order valence-electron chi connectivity index (χ1n) is 11.5. The van der Waals surface area contributed by atoms with Crippen LogP contribution in [-0.4, -0.2) is 29.1 Å². The van der Waals surface area contributed by atoms with Gasteiger partial charge >= 0.3 is 6.18 Å². The van der Waals surface area contributed by atoms with Crippen LogP contribution >= 0.6 is 11.6 Å². The second-order valence-corrected chi connectivity index (χ2v) is 9.82. The summed E-state index contributed by atoms with van der Waals surface area (Å²) in [6, 6.07) is 17.1. The molecule has 3 aromatic rings. The highest BCUT2D eigenvalue weighted by atomic mass is 35.5. The minimum Gasteiger partial charge on any atom is -0.338 e. The lowest BCUT2D eigenvalue weighted by Gasteiger charge is -2.34. The second-order valence-electron chi connectivity index (χ2n) is 9.55. The van der Waals surface area contributed by atoms with E-state index in [-0.39, 0.29) is 17.7 Å². The Balaban J connectivity index is 1.51. The van der Waals surface area contributed by atoms with E-state index in [0.29, 0.717) is 41.9 Å². The Kier molecular flexibility index (Phi) is 7.14. The number of amides is 2. The Morgan fingerprint density at radius 3 is 2.33 bits per heavy atom. The lowest BCUT2D eigenvalue weighted by Crippen LogP contribution is -2.44. The molecule has 1 heterocycles. The number of hydrogen-bond donors (Lipinski definition) is 1. The predicted molar refractivity (Wildman–Crippen MR) is 135 cm³/mol. The van der Waals surface area contributed by atoms with Crippen molar-refractivity contribution in [1.82, 2.24) is 4.90 Å². The van der Waals surface area contributed by atoms with Gasteiger partial charge in [0.1, 0.15) is 0 Å². The Labute approximate surface area is 213 Å². The molecule has 0 saturated heterocycles. The molecule has 1 aliphatic rings. The van der Waals surface area contributed by atoms with Crippen molar-refractivity contribution in [3.8, 4) is 11.1 Å². The van der Waals surface area contributed by atoms with Crippen LogP contribution in [0.25, 0.3) is 11.1 Å². The number of carbonyl (C=O) groups is 2. The second kappa shape index (κ2) is 9.97. The van der Waals surface area contributed by atoms with E-state index < -0.39 is 17.2 Å². The molecule has 0 spiro atoms. The summed E-state index contributed by atoms with van der Waals surface area (Å²) in [7, 11) is 0. The monoisotopic (exact) mass is 514 g/mol. The van der Waals surface area contributed by atoms with E-state index in [0.717, 1.165) is 23.3 Å². The number of anilines is 1. The third-order valence-electron chi connectivity index (χ3n) is 6.37. The fourth-order valence-corrected chi connectivity index (χ4v) is 4.37. The maximum absolute atomic E-state index is 13.1. The zero-order valence-electron chi connectivity index (χ0n) is 20.0. The average Bonchev–Trinajstić information content (AvgIpc) is 2.87. The first-order valence-corrected chi connectivity index (χ1v) is 12.1. The fourth-order valence-electron chi connectivity index (χ4n) is 4.26. The van der Waals surface area contributed by atoms with Crippen LogP contribution in [0, 0.1) is 5.41 Å². The Morgan fingerprint density at radius 2 is 1.67 bits per heavy atom. The minimum atomic E-state index is -4.42. The summed E-state index contributed by atoms with van der Waals surface area (Å²) in [5.74, 6) is -0.101. The van der Waals surface area contributed by atoms with Crippen molar-refractivity contribution in [1.29, 1.82) is 0 Å². The first kappa shape index (κ1) is 25.8. The zero-order valence-corrected chi connectivity index (χ0v) is 20.7. The molecule has 0 fully saturated rings. The Morgan fingerprint density at radius 1 is 0.972 bits per heavy atom. The van der Waals surface area contributed by atoms with Gasteiger partial charge in [-0.05, 0) is 72.9 Å². The molecule has 0 aliphatic carbocycles. The molecule has 0 unspecified atom stereocenters. The minimum absolute atomic E-state index is 0.0143. The quantitative estimate of drug-likeness (QED) is 0.382. The molecule has 2 amide bonds. The number of nitrogens with zero attached hydrogens (tertiary/aromatic N) is 1. The molecule has 1 aliphatic heterocycles. The molecule has 0 aromatic heterocycles. The van der Waals surface area contributed by atoms with Crippen molar-refractivity contribution < 1.29 is 22.8 Å². The van der Waals surface area contributed by atoms with E-state index >= 15 is 0 Å². The lowest BCUT2D eigenvalue weighted by molar-refractivity contribution is -0.140. The third kappa shape index (κ3) is 5.41. The van der Waals surface area contributed by atoms with Gasteiger partial charge in [0.15, 0.2) is 0 Å². The summed E-state index contributed by atoms with van der Waals surface area (Å²) in [6.45, 7) is 4.72. The zero-order chi connectivity index (χ0) is 26.1. The molecule has 0 radical (unpaired) electrons. The molecule has 3 aromatic carbocycles. The van der Waals surface area contributed by atoms with Gasteiger partial charge in [-0.2, -0.15) is 13.2 Å². The highest BCUT2D eigenvalue weighted by Gasteiger charge is 2.33. The SMILES string of the molecule is CC(C)(CCl)C(=O)N1CCc2cc(NC(=O)c3ccccc3-c3ccc(C(F)(F)F)cc3)ccc2C1. The van der Waals surface area contributed by atoms with Gasteiger partial charge in [-0.3, -0.25) is 9.59 Å². The standard InChI is InChI=1S/C28H26ClF3N2O2/c1-27(2,17-29)26(36)34-14-13-19-15-22(12-9-20(19)16-34)33-25(35)24-6-4-3-5-23(24)18-7-10-21(11-8-18)28(30,31)32/h3-12,15H,13-14,16-17H2,1-2H3,(H,33,35). The summed E-state index contributed by atoms with van der Waals surface area (Å²) in [5.41, 5.74) is 2.72. The van der Waals surface area contributed by atoms with E-state index in [1.165, 1.54) is 12.1 Å². The Bertz CT molecular complexity index is 1290. The number of hydrogen-bond acceptors (Lipinski definition) is 2. The van der Waals surface area contributed by atoms with E-state index in [1.807, 2.05) is 30.9 Å². The number of nitrogens with one attached hydrogen (secondary N) is 1. The topological polar surface area (TPSA) is 49.4 Å². The maximum atomic E-state index is 13.1. The predicted octanol–water partition coefficient (Wildman–Crippen LogP) is 6.77. The van der Waals surface area contributed by atoms with E-state index in [1.54, 1.807) is 30.3 Å². The van der Waals surface area contributed by atoms with Crippen LogP contribution in [0.2, 0.25) is 0 Å². The van der Waals surface area contributed by atoms with Crippen molar-refractivity contribution in [2.24, 2.45) is 5.41 Å². The van der Waals surface area contributed by atoms with Crippen LogP contribution in [0.1, 0.15) is 40.9 Å². The van der Waals surface area contributed by atoms with Crippen molar-refractivity contribution >= 4 is 29.1 Å². The van der Waals surface area contributed by atoms with E-state index in [2.05, 4.69) is 5.32 Å². The fraction of sp³-hybridized carbons (Fsp3) is 0.286.